The van der Waals surface area contributed by atoms with E-state index >= 15 is 0 Å². The fourth-order valence-electron chi connectivity index (χ4n) is 1.66. The van der Waals surface area contributed by atoms with Crippen molar-refractivity contribution in [2.75, 3.05) is 24.9 Å². The first-order chi connectivity index (χ1) is 6.16. The maximum Gasteiger partial charge on any atom is 0.0423 e. The van der Waals surface area contributed by atoms with E-state index in [1.807, 2.05) is 0 Å². The van der Waals surface area contributed by atoms with Gasteiger partial charge in [0, 0.05) is 25.7 Å². The van der Waals surface area contributed by atoms with Crippen LogP contribution < -0.4 is 4.90 Å². The number of alkyl halides is 1. The van der Waals surface area contributed by atoms with E-state index in [1.54, 1.807) is 0 Å². The summed E-state index contributed by atoms with van der Waals surface area (Å²) in [6.07, 6.45) is 0.941. The van der Waals surface area contributed by atoms with Gasteiger partial charge in [0.15, 0.2) is 0 Å². The minimum absolute atomic E-state index is 0.685. The number of hydrogen-bond acceptors (Lipinski definition) is 1. The third-order valence-electron chi connectivity index (χ3n) is 2.13. The summed E-state index contributed by atoms with van der Waals surface area (Å²) in [7, 11) is 4.14. The summed E-state index contributed by atoms with van der Waals surface area (Å²) in [6.45, 7) is 2.13. The van der Waals surface area contributed by atoms with Gasteiger partial charge in [0.2, 0.25) is 0 Å². The van der Waals surface area contributed by atoms with Gasteiger partial charge in [-0.25, -0.2) is 0 Å². The molecule has 0 heterocycles. The molecule has 0 amide bonds. The first-order valence-corrected chi connectivity index (χ1v) is 5.02. The molecule has 0 aliphatic heterocycles. The molecule has 0 aliphatic carbocycles. The average Bonchev–Trinajstić information content (AvgIpc) is 2.04. The standard InChI is InChI=1S/C11H16ClN/c1-9-5-4-6-10(7-8-12)11(9)13(2)3/h4-6H,7-8H2,1-3H3. The molecule has 0 aromatic heterocycles. The van der Waals surface area contributed by atoms with Crippen molar-refractivity contribution < 1.29 is 0 Å². The van der Waals surface area contributed by atoms with Crippen LogP contribution in [0.5, 0.6) is 0 Å². The Bertz CT molecular complexity index is 281. The Morgan fingerprint density at radius 1 is 1.31 bits per heavy atom. The largest absolute Gasteiger partial charge is 0.377 e. The summed E-state index contributed by atoms with van der Waals surface area (Å²) in [5, 5.41) is 0. The van der Waals surface area contributed by atoms with Crippen molar-refractivity contribution in [1.29, 1.82) is 0 Å². The lowest BCUT2D eigenvalue weighted by Gasteiger charge is -2.19. The topological polar surface area (TPSA) is 3.24 Å². The SMILES string of the molecule is Cc1cccc(CCCl)c1N(C)C. The molecule has 0 N–H and O–H groups in total. The van der Waals surface area contributed by atoms with Crippen LogP contribution in [-0.4, -0.2) is 20.0 Å². The molecule has 0 saturated heterocycles. The van der Waals surface area contributed by atoms with Gasteiger partial charge in [-0.15, -0.1) is 11.6 Å². The van der Waals surface area contributed by atoms with Gasteiger partial charge in [-0.1, -0.05) is 18.2 Å². The Kier molecular flexibility index (Phi) is 3.61. The first-order valence-electron chi connectivity index (χ1n) is 4.48. The van der Waals surface area contributed by atoms with Gasteiger partial charge in [0.25, 0.3) is 0 Å². The van der Waals surface area contributed by atoms with Gasteiger partial charge in [0.05, 0.1) is 0 Å². The van der Waals surface area contributed by atoms with Gasteiger partial charge in [-0.05, 0) is 24.5 Å². The Labute approximate surface area is 85.3 Å². The van der Waals surface area contributed by atoms with E-state index in [2.05, 4.69) is 44.1 Å². The highest BCUT2D eigenvalue weighted by Gasteiger charge is 2.05. The van der Waals surface area contributed by atoms with Gasteiger partial charge >= 0.3 is 0 Å². The maximum absolute atomic E-state index is 5.75. The Hall–Kier alpha value is -0.690. The zero-order valence-electron chi connectivity index (χ0n) is 8.47. The maximum atomic E-state index is 5.75. The van der Waals surface area contributed by atoms with Gasteiger partial charge in [-0.3, -0.25) is 0 Å². The van der Waals surface area contributed by atoms with Crippen LogP contribution in [0, 0.1) is 6.92 Å². The van der Waals surface area contributed by atoms with Crippen LogP contribution in [-0.2, 0) is 6.42 Å². The molecule has 0 atom stereocenters. The third kappa shape index (κ3) is 2.38. The van der Waals surface area contributed by atoms with Crippen molar-refractivity contribution in [2.45, 2.75) is 13.3 Å². The molecule has 0 spiro atoms. The Morgan fingerprint density at radius 3 is 2.54 bits per heavy atom. The van der Waals surface area contributed by atoms with Crippen molar-refractivity contribution >= 4 is 17.3 Å². The van der Waals surface area contributed by atoms with Crippen LogP contribution in [0.15, 0.2) is 18.2 Å². The van der Waals surface area contributed by atoms with Crippen molar-refractivity contribution in [3.05, 3.63) is 29.3 Å². The van der Waals surface area contributed by atoms with Crippen LogP contribution >= 0.6 is 11.6 Å². The van der Waals surface area contributed by atoms with E-state index in [-0.39, 0.29) is 0 Å². The predicted molar refractivity (Wildman–Crippen MR) is 59.9 cm³/mol. The molecule has 0 unspecified atom stereocenters. The number of para-hydroxylation sites is 1. The average molecular weight is 198 g/mol. The van der Waals surface area contributed by atoms with Crippen LogP contribution in [0.2, 0.25) is 0 Å². The molecule has 13 heavy (non-hydrogen) atoms. The molecule has 1 aromatic carbocycles. The molecule has 72 valence electrons. The second kappa shape index (κ2) is 4.52. The smallest absolute Gasteiger partial charge is 0.0423 e. The summed E-state index contributed by atoms with van der Waals surface area (Å²) in [6, 6.07) is 6.36. The molecule has 1 aromatic rings. The van der Waals surface area contributed by atoms with Gasteiger partial charge in [0.1, 0.15) is 0 Å². The zero-order chi connectivity index (χ0) is 9.84. The quantitative estimate of drug-likeness (QED) is 0.674. The van der Waals surface area contributed by atoms with Crippen LogP contribution in [0.25, 0.3) is 0 Å². The lowest BCUT2D eigenvalue weighted by molar-refractivity contribution is 1.05. The van der Waals surface area contributed by atoms with Crippen molar-refractivity contribution in [2.24, 2.45) is 0 Å². The lowest BCUT2D eigenvalue weighted by Crippen LogP contribution is -2.13. The molecule has 0 radical (unpaired) electrons. The summed E-state index contributed by atoms with van der Waals surface area (Å²) >= 11 is 5.75. The van der Waals surface area contributed by atoms with Gasteiger partial charge in [-0.2, -0.15) is 0 Å². The highest BCUT2D eigenvalue weighted by Crippen LogP contribution is 2.23. The van der Waals surface area contributed by atoms with Crippen LogP contribution in [0.4, 0.5) is 5.69 Å². The molecule has 1 rings (SSSR count). The van der Waals surface area contributed by atoms with Crippen molar-refractivity contribution in [1.82, 2.24) is 0 Å². The molecule has 0 saturated carbocycles. The highest BCUT2D eigenvalue weighted by molar-refractivity contribution is 6.18. The first kappa shape index (κ1) is 10.4. The lowest BCUT2D eigenvalue weighted by atomic mass is 10.1. The molecule has 0 fully saturated rings. The van der Waals surface area contributed by atoms with E-state index < -0.39 is 0 Å². The summed E-state index contributed by atoms with van der Waals surface area (Å²) < 4.78 is 0. The van der Waals surface area contributed by atoms with E-state index in [4.69, 9.17) is 11.6 Å². The summed E-state index contributed by atoms with van der Waals surface area (Å²) in [5.41, 5.74) is 3.95. The fourth-order valence-corrected chi connectivity index (χ4v) is 1.87. The van der Waals surface area contributed by atoms with Crippen LogP contribution in [0.1, 0.15) is 11.1 Å². The highest BCUT2D eigenvalue weighted by atomic mass is 35.5. The molecular weight excluding hydrogens is 182 g/mol. The zero-order valence-corrected chi connectivity index (χ0v) is 9.23. The van der Waals surface area contributed by atoms with E-state index in [1.165, 1.54) is 16.8 Å². The second-order valence-electron chi connectivity index (χ2n) is 3.42. The predicted octanol–water partition coefficient (Wildman–Crippen LogP) is 2.84. The summed E-state index contributed by atoms with van der Waals surface area (Å²) in [5.74, 6) is 0.685. The van der Waals surface area contributed by atoms with E-state index in [0.717, 1.165) is 6.42 Å². The molecule has 2 heteroatoms. The fraction of sp³-hybridized carbons (Fsp3) is 0.455. The van der Waals surface area contributed by atoms with Gasteiger partial charge < -0.3 is 4.90 Å². The molecule has 0 bridgehead atoms. The number of rotatable bonds is 3. The molecule has 1 nitrogen and oxygen atoms in total. The minimum atomic E-state index is 0.685. The van der Waals surface area contributed by atoms with Crippen LogP contribution in [0.3, 0.4) is 0 Å². The number of aryl methyl sites for hydroxylation is 2. The summed E-state index contributed by atoms with van der Waals surface area (Å²) in [4.78, 5) is 2.15. The van der Waals surface area contributed by atoms with E-state index in [9.17, 15) is 0 Å². The number of benzene rings is 1. The number of nitrogens with zero attached hydrogens (tertiary/aromatic N) is 1. The normalized spacial score (nSPS) is 10.2. The molecule has 0 aliphatic rings. The third-order valence-corrected chi connectivity index (χ3v) is 2.32. The Morgan fingerprint density at radius 2 is 2.00 bits per heavy atom. The van der Waals surface area contributed by atoms with Crippen molar-refractivity contribution in [3.63, 3.8) is 0 Å². The number of hydrogen-bond donors (Lipinski definition) is 0. The van der Waals surface area contributed by atoms with E-state index in [0.29, 0.717) is 5.88 Å². The minimum Gasteiger partial charge on any atom is -0.377 e. The second-order valence-corrected chi connectivity index (χ2v) is 3.79. The molecular formula is C11H16ClN. The Balaban J connectivity index is 3.10. The number of halogens is 1. The van der Waals surface area contributed by atoms with Crippen molar-refractivity contribution in [3.8, 4) is 0 Å². The monoisotopic (exact) mass is 197 g/mol. The number of anilines is 1.